The number of methoxy groups -OCH3 is 1. The summed E-state index contributed by atoms with van der Waals surface area (Å²) in [5.41, 5.74) is 1.02. The van der Waals surface area contributed by atoms with Crippen molar-refractivity contribution in [2.45, 2.75) is 25.3 Å². The number of sulfonamides is 1. The average molecular weight is 403 g/mol. The molecule has 1 aliphatic rings. The van der Waals surface area contributed by atoms with Gasteiger partial charge >= 0.3 is 0 Å². The Morgan fingerprint density at radius 1 is 1.42 bits per heavy atom. The SMILES string of the molecule is CN=C(NCCc1ccc(OC)cc1Cl)NC[C@H]1CCCN1S(C)(=O)=O. The van der Waals surface area contributed by atoms with E-state index in [1.54, 1.807) is 24.5 Å². The largest absolute Gasteiger partial charge is 0.497 e. The summed E-state index contributed by atoms with van der Waals surface area (Å²) in [4.78, 5) is 4.19. The minimum absolute atomic E-state index is 0.0282. The third kappa shape index (κ3) is 5.75. The van der Waals surface area contributed by atoms with E-state index in [2.05, 4.69) is 15.6 Å². The smallest absolute Gasteiger partial charge is 0.211 e. The van der Waals surface area contributed by atoms with E-state index in [1.807, 2.05) is 12.1 Å². The third-order valence-electron chi connectivity index (χ3n) is 4.42. The van der Waals surface area contributed by atoms with Crippen LogP contribution < -0.4 is 15.4 Å². The summed E-state index contributed by atoms with van der Waals surface area (Å²) >= 11 is 6.25. The minimum atomic E-state index is -3.16. The molecule has 26 heavy (non-hydrogen) atoms. The summed E-state index contributed by atoms with van der Waals surface area (Å²) in [6, 6.07) is 5.60. The zero-order valence-corrected chi connectivity index (χ0v) is 17.0. The normalized spacial score (nSPS) is 18.8. The monoisotopic (exact) mass is 402 g/mol. The first-order chi connectivity index (χ1) is 12.3. The van der Waals surface area contributed by atoms with Gasteiger partial charge in [0.25, 0.3) is 0 Å². The Morgan fingerprint density at radius 3 is 2.81 bits per heavy atom. The summed E-state index contributed by atoms with van der Waals surface area (Å²) in [5.74, 6) is 1.38. The van der Waals surface area contributed by atoms with E-state index in [0.717, 1.165) is 30.6 Å². The molecular weight excluding hydrogens is 376 g/mol. The summed E-state index contributed by atoms with van der Waals surface area (Å²) in [7, 11) is 0.140. The summed E-state index contributed by atoms with van der Waals surface area (Å²) < 4.78 is 30.3. The molecule has 1 aromatic carbocycles. The van der Waals surface area contributed by atoms with E-state index in [4.69, 9.17) is 16.3 Å². The van der Waals surface area contributed by atoms with Crippen molar-refractivity contribution >= 4 is 27.6 Å². The second kappa shape index (κ2) is 9.43. The fourth-order valence-electron chi connectivity index (χ4n) is 3.06. The molecule has 146 valence electrons. The fourth-order valence-corrected chi connectivity index (χ4v) is 4.51. The minimum Gasteiger partial charge on any atom is -0.497 e. The van der Waals surface area contributed by atoms with Crippen molar-refractivity contribution in [2.75, 3.05) is 40.0 Å². The van der Waals surface area contributed by atoms with Crippen LogP contribution in [-0.2, 0) is 16.4 Å². The lowest BCUT2D eigenvalue weighted by Gasteiger charge is -2.23. The van der Waals surface area contributed by atoms with Crippen LogP contribution in [-0.4, -0.2) is 64.8 Å². The summed E-state index contributed by atoms with van der Waals surface area (Å²) in [6.07, 6.45) is 3.75. The second-order valence-electron chi connectivity index (χ2n) is 6.26. The predicted octanol–water partition coefficient (Wildman–Crippen LogP) is 1.48. The molecule has 1 saturated heterocycles. The number of nitrogens with one attached hydrogen (secondary N) is 2. The number of guanidine groups is 1. The van der Waals surface area contributed by atoms with Crippen LogP contribution in [0.5, 0.6) is 5.75 Å². The first-order valence-corrected chi connectivity index (χ1v) is 10.8. The van der Waals surface area contributed by atoms with Crippen molar-refractivity contribution in [1.82, 2.24) is 14.9 Å². The van der Waals surface area contributed by atoms with Crippen molar-refractivity contribution in [3.63, 3.8) is 0 Å². The lowest BCUT2D eigenvalue weighted by atomic mass is 10.1. The molecule has 0 saturated carbocycles. The zero-order chi connectivity index (χ0) is 19.2. The Kier molecular flexibility index (Phi) is 7.55. The van der Waals surface area contributed by atoms with Gasteiger partial charge in [0.05, 0.1) is 13.4 Å². The number of rotatable bonds is 7. The summed E-state index contributed by atoms with van der Waals surface area (Å²) in [5, 5.41) is 7.11. The molecule has 9 heteroatoms. The second-order valence-corrected chi connectivity index (χ2v) is 8.60. The molecule has 2 N–H and O–H groups in total. The van der Waals surface area contributed by atoms with Crippen molar-refractivity contribution in [1.29, 1.82) is 0 Å². The number of ether oxygens (including phenoxy) is 1. The fraction of sp³-hybridized carbons (Fsp3) is 0.588. The van der Waals surface area contributed by atoms with E-state index >= 15 is 0 Å². The molecule has 7 nitrogen and oxygen atoms in total. The first kappa shape index (κ1) is 20.8. The maximum absolute atomic E-state index is 11.8. The molecule has 0 bridgehead atoms. The van der Waals surface area contributed by atoms with Crippen LogP contribution in [0.3, 0.4) is 0 Å². The molecule has 0 radical (unpaired) electrons. The van der Waals surface area contributed by atoms with Gasteiger partial charge in [0.15, 0.2) is 5.96 Å². The number of nitrogens with zero attached hydrogens (tertiary/aromatic N) is 2. The van der Waals surface area contributed by atoms with E-state index in [9.17, 15) is 8.42 Å². The average Bonchev–Trinajstić information content (AvgIpc) is 3.08. The Labute approximate surface area is 160 Å². The highest BCUT2D eigenvalue weighted by atomic mass is 35.5. The molecule has 1 fully saturated rings. The van der Waals surface area contributed by atoms with Gasteiger partial charge in [-0.3, -0.25) is 4.99 Å². The Hall–Kier alpha value is -1.51. The number of hydrogen-bond acceptors (Lipinski definition) is 4. The van der Waals surface area contributed by atoms with E-state index in [1.165, 1.54) is 6.26 Å². The van der Waals surface area contributed by atoms with Gasteiger partial charge in [-0.25, -0.2) is 8.42 Å². The van der Waals surface area contributed by atoms with Gasteiger partial charge in [0, 0.05) is 37.7 Å². The van der Waals surface area contributed by atoms with Crippen LogP contribution in [0.1, 0.15) is 18.4 Å². The maximum Gasteiger partial charge on any atom is 0.211 e. The molecular formula is C17H27ClN4O3S. The predicted molar refractivity (Wildman–Crippen MR) is 106 cm³/mol. The van der Waals surface area contributed by atoms with E-state index < -0.39 is 10.0 Å². The van der Waals surface area contributed by atoms with E-state index in [0.29, 0.717) is 30.6 Å². The Balaban J connectivity index is 1.81. The van der Waals surface area contributed by atoms with Crippen molar-refractivity contribution in [3.05, 3.63) is 28.8 Å². The van der Waals surface area contributed by atoms with E-state index in [-0.39, 0.29) is 6.04 Å². The van der Waals surface area contributed by atoms with Crippen LogP contribution in [0, 0.1) is 0 Å². The molecule has 1 aliphatic heterocycles. The lowest BCUT2D eigenvalue weighted by molar-refractivity contribution is 0.387. The number of hydrogen-bond donors (Lipinski definition) is 2. The molecule has 0 aliphatic carbocycles. The van der Waals surface area contributed by atoms with Crippen molar-refractivity contribution in [3.8, 4) is 5.75 Å². The molecule has 1 aromatic rings. The number of benzene rings is 1. The van der Waals surface area contributed by atoms with Gasteiger partial charge in [-0.1, -0.05) is 17.7 Å². The van der Waals surface area contributed by atoms with Gasteiger partial charge in [0.1, 0.15) is 5.75 Å². The van der Waals surface area contributed by atoms with Gasteiger partial charge < -0.3 is 15.4 Å². The Bertz CT molecular complexity index is 740. The third-order valence-corrected chi connectivity index (χ3v) is 6.11. The molecule has 1 atom stereocenters. The standard InChI is InChI=1S/C17H27ClN4O3S/c1-19-17(21-12-14-5-4-10-22(14)26(3,23)24)20-9-8-13-6-7-15(25-2)11-16(13)18/h6-7,11,14H,4-5,8-10,12H2,1-3H3,(H2,19,20,21)/t14-/m1/s1. The quantitative estimate of drug-likeness (QED) is 0.533. The van der Waals surface area contributed by atoms with Crippen LogP contribution in [0.25, 0.3) is 0 Å². The first-order valence-electron chi connectivity index (χ1n) is 8.59. The topological polar surface area (TPSA) is 83.0 Å². The molecule has 0 spiro atoms. The highest BCUT2D eigenvalue weighted by Crippen LogP contribution is 2.22. The van der Waals surface area contributed by atoms with Gasteiger partial charge in [0.2, 0.25) is 10.0 Å². The highest BCUT2D eigenvalue weighted by molar-refractivity contribution is 7.88. The van der Waals surface area contributed by atoms with Crippen molar-refractivity contribution in [2.24, 2.45) is 4.99 Å². The van der Waals surface area contributed by atoms with Crippen LogP contribution in [0.15, 0.2) is 23.2 Å². The Morgan fingerprint density at radius 2 is 2.19 bits per heavy atom. The van der Waals surface area contributed by atoms with Gasteiger partial charge in [-0.15, -0.1) is 0 Å². The summed E-state index contributed by atoms with van der Waals surface area (Å²) in [6.45, 7) is 1.79. The molecule has 1 heterocycles. The highest BCUT2D eigenvalue weighted by Gasteiger charge is 2.31. The molecule has 0 unspecified atom stereocenters. The number of halogens is 1. The molecule has 0 amide bonds. The van der Waals surface area contributed by atoms with Crippen molar-refractivity contribution < 1.29 is 13.2 Å². The van der Waals surface area contributed by atoms with Crippen LogP contribution in [0.4, 0.5) is 0 Å². The molecule has 0 aromatic heterocycles. The molecule has 2 rings (SSSR count). The van der Waals surface area contributed by atoms with Gasteiger partial charge in [-0.2, -0.15) is 4.31 Å². The number of aliphatic imine (C=N–C) groups is 1. The van der Waals surface area contributed by atoms with Crippen LogP contribution >= 0.6 is 11.6 Å². The lowest BCUT2D eigenvalue weighted by Crippen LogP contribution is -2.46. The van der Waals surface area contributed by atoms with Crippen LogP contribution in [0.2, 0.25) is 5.02 Å². The van der Waals surface area contributed by atoms with Gasteiger partial charge in [-0.05, 0) is 37.0 Å². The zero-order valence-electron chi connectivity index (χ0n) is 15.5. The maximum atomic E-state index is 11.8.